The quantitative estimate of drug-likeness (QED) is 0.172. The molecule has 0 fully saturated rings. The molecule has 10 aromatic rings. The summed E-state index contributed by atoms with van der Waals surface area (Å²) >= 11 is 1.94. The van der Waals surface area contributed by atoms with Crippen LogP contribution in [0.3, 0.4) is 0 Å². The van der Waals surface area contributed by atoms with Gasteiger partial charge in [0.05, 0.1) is 33.4 Å². The smallest absolute Gasteiger partial charge is 0.289 e. The summed E-state index contributed by atoms with van der Waals surface area (Å²) in [5.74, 6) is 1.98. The minimum absolute atomic E-state index is 0.118. The van der Waals surface area contributed by atoms with Crippen LogP contribution in [0.25, 0.3) is 77.2 Å². The zero-order chi connectivity index (χ0) is 34.6. The Kier molecular flexibility index (Phi) is 6.08. The molecule has 246 valence electrons. The molecular formula is C48H29BN2OS. The number of para-hydroxylation sites is 6. The van der Waals surface area contributed by atoms with Crippen molar-refractivity contribution in [3.05, 3.63) is 176 Å². The summed E-state index contributed by atoms with van der Waals surface area (Å²) < 4.78 is 11.6. The van der Waals surface area contributed by atoms with Crippen molar-refractivity contribution in [3.63, 3.8) is 0 Å². The topological polar surface area (TPSA) is 19.1 Å². The van der Waals surface area contributed by atoms with Gasteiger partial charge < -0.3 is 13.9 Å². The summed E-state index contributed by atoms with van der Waals surface area (Å²) in [6.07, 6.45) is 0. The maximum Gasteiger partial charge on any atom is 0.289 e. The van der Waals surface area contributed by atoms with Gasteiger partial charge in [-0.1, -0.05) is 121 Å². The largest absolute Gasteiger partial charge is 0.458 e. The number of ether oxygens (including phenoxy) is 1. The molecule has 3 nitrogen and oxygen atoms in total. The van der Waals surface area contributed by atoms with Crippen LogP contribution in [-0.4, -0.2) is 15.1 Å². The van der Waals surface area contributed by atoms with E-state index >= 15 is 0 Å². The standard InChI is InChI=1S/C48H29BN2OS/c1-7-19-40(51-43-22-10-4-16-35(43)36-17-5-11-23-44(36)51)32(13-1)30-25-26-37-38-28-31(50-41-20-8-2-14-33(41)34-15-3-9-21-42(34)50)29-46-48(38)49(53-47(37)27-30)39-18-6-12-24-45(39)52-46/h1-29H. The van der Waals surface area contributed by atoms with Crippen molar-refractivity contribution in [2.24, 2.45) is 0 Å². The van der Waals surface area contributed by atoms with Crippen LogP contribution < -0.4 is 15.7 Å². The highest BCUT2D eigenvalue weighted by Crippen LogP contribution is 2.47. The number of hydrogen-bond acceptors (Lipinski definition) is 2. The molecule has 2 aromatic heterocycles. The van der Waals surface area contributed by atoms with Gasteiger partial charge in [-0.25, -0.2) is 0 Å². The van der Waals surface area contributed by atoms with Crippen molar-refractivity contribution in [1.29, 1.82) is 0 Å². The Hall–Kier alpha value is -6.43. The lowest BCUT2D eigenvalue weighted by atomic mass is 9.57. The van der Waals surface area contributed by atoms with E-state index in [-0.39, 0.29) is 5.99 Å². The van der Waals surface area contributed by atoms with Crippen molar-refractivity contribution in [1.82, 2.24) is 9.13 Å². The van der Waals surface area contributed by atoms with E-state index in [1.807, 2.05) is 11.6 Å². The monoisotopic (exact) mass is 692 g/mol. The van der Waals surface area contributed by atoms with Crippen LogP contribution in [0.1, 0.15) is 0 Å². The van der Waals surface area contributed by atoms with Crippen LogP contribution in [0.15, 0.2) is 181 Å². The number of hydrogen-bond donors (Lipinski definition) is 0. The van der Waals surface area contributed by atoms with E-state index in [4.69, 9.17) is 4.74 Å². The predicted octanol–water partition coefficient (Wildman–Crippen LogP) is 11.5. The SMILES string of the molecule is c1ccc2c(c1)Oc1cc(-n3c4ccccc4c4ccccc43)cc3c1B2Sc1cc(-c2ccccc2-n2c4ccccc4c4ccccc42)ccc1-3. The molecule has 0 bridgehead atoms. The van der Waals surface area contributed by atoms with Gasteiger partial charge in [-0.3, -0.25) is 0 Å². The highest BCUT2D eigenvalue weighted by atomic mass is 32.2. The van der Waals surface area contributed by atoms with Crippen LogP contribution in [0.2, 0.25) is 0 Å². The second kappa shape index (κ2) is 11.0. The van der Waals surface area contributed by atoms with E-state index in [0.29, 0.717) is 0 Å². The van der Waals surface area contributed by atoms with Crippen LogP contribution in [0.5, 0.6) is 11.5 Å². The van der Waals surface area contributed by atoms with Gasteiger partial charge in [-0.05, 0) is 76.1 Å². The van der Waals surface area contributed by atoms with Crippen LogP contribution in [-0.2, 0) is 0 Å². The first kappa shape index (κ1) is 29.2. The number of rotatable bonds is 3. The fourth-order valence-electron chi connectivity index (χ4n) is 8.94. The van der Waals surface area contributed by atoms with Crippen molar-refractivity contribution in [2.45, 2.75) is 4.90 Å². The van der Waals surface area contributed by atoms with E-state index in [1.54, 1.807) is 0 Å². The zero-order valence-corrected chi connectivity index (χ0v) is 29.3. The van der Waals surface area contributed by atoms with Crippen molar-refractivity contribution >= 4 is 72.1 Å². The average molecular weight is 693 g/mol. The first-order chi connectivity index (χ1) is 26.3. The third-order valence-corrected chi connectivity index (χ3v) is 12.5. The van der Waals surface area contributed by atoms with Gasteiger partial charge in [0.15, 0.2) is 0 Å². The Labute approximate surface area is 310 Å². The second-order valence-corrected chi connectivity index (χ2v) is 15.2. The molecule has 5 heteroatoms. The molecule has 53 heavy (non-hydrogen) atoms. The molecule has 0 aliphatic carbocycles. The molecule has 0 radical (unpaired) electrons. The average Bonchev–Trinajstić information content (AvgIpc) is 3.74. The predicted molar refractivity (Wildman–Crippen MR) is 223 cm³/mol. The van der Waals surface area contributed by atoms with Gasteiger partial charge >= 0.3 is 0 Å². The van der Waals surface area contributed by atoms with E-state index in [9.17, 15) is 0 Å². The Morgan fingerprint density at radius 3 is 1.68 bits per heavy atom. The molecule has 8 aromatic carbocycles. The van der Waals surface area contributed by atoms with E-state index < -0.39 is 0 Å². The normalized spacial score (nSPS) is 12.9. The number of fused-ring (bicyclic) bond motifs is 10. The van der Waals surface area contributed by atoms with E-state index in [1.165, 1.54) is 87.4 Å². The third-order valence-electron chi connectivity index (χ3n) is 11.2. The van der Waals surface area contributed by atoms with Crippen LogP contribution >= 0.6 is 11.6 Å². The van der Waals surface area contributed by atoms with Crippen LogP contribution in [0, 0.1) is 0 Å². The summed E-state index contributed by atoms with van der Waals surface area (Å²) in [7, 11) is 0. The third kappa shape index (κ3) is 4.14. The lowest BCUT2D eigenvalue weighted by Crippen LogP contribution is -2.46. The second-order valence-electron chi connectivity index (χ2n) is 14.0. The Morgan fingerprint density at radius 2 is 1.00 bits per heavy atom. The van der Waals surface area contributed by atoms with Gasteiger partial charge in [0.1, 0.15) is 11.5 Å². The first-order valence-electron chi connectivity index (χ1n) is 18.1. The fourth-order valence-corrected chi connectivity index (χ4v) is 10.4. The molecular weight excluding hydrogens is 663 g/mol. The summed E-state index contributed by atoms with van der Waals surface area (Å²) in [5.41, 5.74) is 14.5. The van der Waals surface area contributed by atoms with Crippen molar-refractivity contribution in [2.75, 3.05) is 0 Å². The molecule has 0 amide bonds. The molecule has 4 heterocycles. The minimum Gasteiger partial charge on any atom is -0.458 e. The zero-order valence-electron chi connectivity index (χ0n) is 28.5. The van der Waals surface area contributed by atoms with Gasteiger partial charge in [0, 0.05) is 38.1 Å². The minimum atomic E-state index is 0.118. The Morgan fingerprint density at radius 1 is 0.434 bits per heavy atom. The van der Waals surface area contributed by atoms with Gasteiger partial charge in [-0.2, -0.15) is 11.6 Å². The number of benzene rings is 8. The summed E-state index contributed by atoms with van der Waals surface area (Å²) in [6, 6.07) is 64.0. The van der Waals surface area contributed by atoms with Crippen LogP contribution in [0.4, 0.5) is 0 Å². The van der Waals surface area contributed by atoms with Crippen molar-refractivity contribution < 1.29 is 4.74 Å². The molecule has 0 saturated carbocycles. The van der Waals surface area contributed by atoms with E-state index in [0.717, 1.165) is 17.2 Å². The first-order valence-corrected chi connectivity index (χ1v) is 19.0. The highest BCUT2D eigenvalue weighted by Gasteiger charge is 2.39. The van der Waals surface area contributed by atoms with Gasteiger partial charge in [0.2, 0.25) is 0 Å². The maximum absolute atomic E-state index is 6.79. The molecule has 0 atom stereocenters. The lowest BCUT2D eigenvalue weighted by Gasteiger charge is -2.33. The molecule has 2 aliphatic rings. The van der Waals surface area contributed by atoms with Gasteiger partial charge in [0.25, 0.3) is 5.99 Å². The molecule has 0 spiro atoms. The number of aromatic nitrogens is 2. The Bertz CT molecular complexity index is 3050. The molecule has 0 unspecified atom stereocenters. The van der Waals surface area contributed by atoms with Gasteiger partial charge in [-0.15, -0.1) is 0 Å². The van der Waals surface area contributed by atoms with E-state index in [2.05, 4.69) is 185 Å². The molecule has 12 rings (SSSR count). The Balaban J connectivity index is 1.09. The van der Waals surface area contributed by atoms with Crippen molar-refractivity contribution in [3.8, 4) is 45.1 Å². The summed E-state index contributed by atoms with van der Waals surface area (Å²) in [6.45, 7) is 0. The fraction of sp³-hybridized carbons (Fsp3) is 0. The molecule has 0 saturated heterocycles. The highest BCUT2D eigenvalue weighted by molar-refractivity contribution is 8.28. The maximum atomic E-state index is 6.79. The molecule has 2 aliphatic heterocycles. The summed E-state index contributed by atoms with van der Waals surface area (Å²) in [5, 5.41) is 5.04. The number of nitrogens with zero attached hydrogens (tertiary/aromatic N) is 2. The lowest BCUT2D eigenvalue weighted by molar-refractivity contribution is 0.487. The summed E-state index contributed by atoms with van der Waals surface area (Å²) in [4.78, 5) is 1.28. The molecule has 0 N–H and O–H groups in total.